The molecule has 2 rings (SSSR count). The average Bonchev–Trinajstić information content (AvgIpc) is 2.70. The Balaban J connectivity index is 2.18. The summed E-state index contributed by atoms with van der Waals surface area (Å²) < 4.78 is 5.26. The van der Waals surface area contributed by atoms with Crippen molar-refractivity contribution in [1.29, 1.82) is 0 Å². The summed E-state index contributed by atoms with van der Waals surface area (Å²) in [5, 5.41) is 12.1. The van der Waals surface area contributed by atoms with Crippen molar-refractivity contribution in [2.75, 3.05) is 13.1 Å². The van der Waals surface area contributed by atoms with E-state index < -0.39 is 5.97 Å². The summed E-state index contributed by atoms with van der Waals surface area (Å²) in [5.74, 6) is -0.309. The Morgan fingerprint density at radius 3 is 3.14 bits per heavy atom. The molecule has 2 N–H and O–H groups in total. The zero-order valence-corrected chi connectivity index (χ0v) is 7.77. The van der Waals surface area contributed by atoms with Crippen LogP contribution in [-0.2, 0) is 4.79 Å². The Kier molecular flexibility index (Phi) is 2.54. The predicted octanol–water partition coefficient (Wildman–Crippen LogP) is 1.06. The monoisotopic (exact) mass is 195 g/mol. The van der Waals surface area contributed by atoms with E-state index in [1.165, 1.54) is 0 Å². The zero-order valence-electron chi connectivity index (χ0n) is 7.77. The molecule has 1 aliphatic rings. The van der Waals surface area contributed by atoms with E-state index in [-0.39, 0.29) is 11.8 Å². The van der Waals surface area contributed by atoms with E-state index in [1.54, 1.807) is 12.3 Å². The normalized spacial score (nSPS) is 27.4. The van der Waals surface area contributed by atoms with Crippen LogP contribution < -0.4 is 5.32 Å². The smallest absolute Gasteiger partial charge is 0.308 e. The maximum Gasteiger partial charge on any atom is 0.308 e. The fourth-order valence-electron chi connectivity index (χ4n) is 1.96. The van der Waals surface area contributed by atoms with Gasteiger partial charge in [0.25, 0.3) is 0 Å². The highest BCUT2D eigenvalue weighted by Gasteiger charge is 2.33. The maximum atomic E-state index is 11.0. The maximum absolute atomic E-state index is 11.0. The lowest BCUT2D eigenvalue weighted by atomic mass is 9.85. The molecule has 1 aromatic rings. The molecule has 0 bridgehead atoms. The second-order valence-electron chi connectivity index (χ2n) is 3.56. The van der Waals surface area contributed by atoms with E-state index in [2.05, 4.69) is 5.32 Å². The minimum atomic E-state index is -0.751. The van der Waals surface area contributed by atoms with E-state index in [0.29, 0.717) is 6.54 Å². The highest BCUT2D eigenvalue weighted by atomic mass is 16.4. The average molecular weight is 195 g/mol. The van der Waals surface area contributed by atoms with Gasteiger partial charge in [-0.1, -0.05) is 0 Å². The second-order valence-corrected chi connectivity index (χ2v) is 3.56. The molecule has 76 valence electrons. The number of hydrogen-bond donors (Lipinski definition) is 2. The Labute approximate surface area is 81.9 Å². The van der Waals surface area contributed by atoms with Crippen molar-refractivity contribution < 1.29 is 14.3 Å². The van der Waals surface area contributed by atoms with Crippen LogP contribution in [0.25, 0.3) is 0 Å². The van der Waals surface area contributed by atoms with Crippen molar-refractivity contribution in [2.24, 2.45) is 5.92 Å². The van der Waals surface area contributed by atoms with Crippen LogP contribution in [0.4, 0.5) is 0 Å². The number of aliphatic carboxylic acids is 1. The van der Waals surface area contributed by atoms with E-state index in [9.17, 15) is 4.79 Å². The van der Waals surface area contributed by atoms with Gasteiger partial charge in [-0.25, -0.2) is 0 Å². The Morgan fingerprint density at radius 1 is 1.64 bits per heavy atom. The van der Waals surface area contributed by atoms with Crippen molar-refractivity contribution in [2.45, 2.75) is 12.3 Å². The summed E-state index contributed by atoms with van der Waals surface area (Å²) in [4.78, 5) is 11.0. The first kappa shape index (κ1) is 9.27. The van der Waals surface area contributed by atoms with Gasteiger partial charge in [0.1, 0.15) is 5.76 Å². The number of carboxylic acids is 1. The van der Waals surface area contributed by atoms with E-state index in [4.69, 9.17) is 9.52 Å². The van der Waals surface area contributed by atoms with Gasteiger partial charge in [0.15, 0.2) is 0 Å². The van der Waals surface area contributed by atoms with Crippen molar-refractivity contribution in [3.8, 4) is 0 Å². The highest BCUT2D eigenvalue weighted by Crippen LogP contribution is 2.30. The quantitative estimate of drug-likeness (QED) is 0.740. The van der Waals surface area contributed by atoms with Crippen LogP contribution in [0, 0.1) is 5.92 Å². The molecule has 1 fully saturated rings. The first-order valence-electron chi connectivity index (χ1n) is 4.76. The van der Waals surface area contributed by atoms with Gasteiger partial charge in [-0.05, 0) is 25.1 Å². The number of piperidine rings is 1. The molecule has 1 saturated heterocycles. The summed E-state index contributed by atoms with van der Waals surface area (Å²) >= 11 is 0. The molecule has 0 saturated carbocycles. The van der Waals surface area contributed by atoms with Crippen molar-refractivity contribution in [1.82, 2.24) is 5.32 Å². The molecule has 0 radical (unpaired) electrons. The van der Waals surface area contributed by atoms with Gasteiger partial charge < -0.3 is 14.8 Å². The van der Waals surface area contributed by atoms with Crippen LogP contribution in [0.3, 0.4) is 0 Å². The predicted molar refractivity (Wildman–Crippen MR) is 50.1 cm³/mol. The summed E-state index contributed by atoms with van der Waals surface area (Å²) in [5.41, 5.74) is 0. The van der Waals surface area contributed by atoms with Crippen molar-refractivity contribution in [3.63, 3.8) is 0 Å². The first-order valence-corrected chi connectivity index (χ1v) is 4.76. The number of nitrogens with one attached hydrogen (secondary N) is 1. The van der Waals surface area contributed by atoms with Crippen LogP contribution in [0.5, 0.6) is 0 Å². The number of rotatable bonds is 2. The van der Waals surface area contributed by atoms with Gasteiger partial charge in [0, 0.05) is 12.5 Å². The lowest BCUT2D eigenvalue weighted by Crippen LogP contribution is -2.39. The Hall–Kier alpha value is -1.29. The Bertz CT molecular complexity index is 307. The van der Waals surface area contributed by atoms with Gasteiger partial charge in [-0.15, -0.1) is 0 Å². The van der Waals surface area contributed by atoms with Crippen molar-refractivity contribution >= 4 is 5.97 Å². The lowest BCUT2D eigenvalue weighted by Gasteiger charge is -2.27. The van der Waals surface area contributed by atoms with Gasteiger partial charge in [-0.2, -0.15) is 0 Å². The fourth-order valence-corrected chi connectivity index (χ4v) is 1.96. The van der Waals surface area contributed by atoms with E-state index >= 15 is 0 Å². The van der Waals surface area contributed by atoms with Gasteiger partial charge in [0.2, 0.25) is 0 Å². The van der Waals surface area contributed by atoms with Crippen LogP contribution in [0.2, 0.25) is 0 Å². The highest BCUT2D eigenvalue weighted by molar-refractivity contribution is 5.71. The third-order valence-corrected chi connectivity index (χ3v) is 2.71. The third kappa shape index (κ3) is 1.65. The molecular formula is C10H13NO3. The third-order valence-electron chi connectivity index (χ3n) is 2.71. The SMILES string of the molecule is O=C(O)C1CNCCC1c1ccco1. The van der Waals surface area contributed by atoms with Crippen LogP contribution in [0.1, 0.15) is 18.1 Å². The minimum absolute atomic E-state index is 0.0174. The standard InChI is InChI=1S/C10H13NO3/c12-10(13)8-6-11-4-3-7(8)9-2-1-5-14-9/h1-2,5,7-8,11H,3-4,6H2,(H,12,13). The van der Waals surface area contributed by atoms with Gasteiger partial charge in [-0.3, -0.25) is 4.79 Å². The number of hydrogen-bond acceptors (Lipinski definition) is 3. The molecule has 0 aliphatic carbocycles. The number of carboxylic acid groups (broad SMARTS) is 1. The fraction of sp³-hybridized carbons (Fsp3) is 0.500. The van der Waals surface area contributed by atoms with E-state index in [0.717, 1.165) is 18.7 Å². The molecule has 1 aliphatic heterocycles. The molecule has 2 heterocycles. The van der Waals surface area contributed by atoms with Crippen LogP contribution in [-0.4, -0.2) is 24.2 Å². The molecule has 1 aromatic heterocycles. The second kappa shape index (κ2) is 3.84. The van der Waals surface area contributed by atoms with Gasteiger partial charge in [0.05, 0.1) is 12.2 Å². The molecule has 2 unspecified atom stereocenters. The molecule has 0 amide bonds. The molecule has 2 atom stereocenters. The largest absolute Gasteiger partial charge is 0.481 e. The zero-order chi connectivity index (χ0) is 9.97. The molecular weight excluding hydrogens is 182 g/mol. The first-order chi connectivity index (χ1) is 6.79. The summed E-state index contributed by atoms with van der Waals surface area (Å²) in [6.45, 7) is 1.38. The number of carbonyl (C=O) groups is 1. The molecule has 4 heteroatoms. The minimum Gasteiger partial charge on any atom is -0.481 e. The molecule has 0 spiro atoms. The van der Waals surface area contributed by atoms with Crippen molar-refractivity contribution in [3.05, 3.63) is 24.2 Å². The van der Waals surface area contributed by atoms with Crippen LogP contribution in [0.15, 0.2) is 22.8 Å². The van der Waals surface area contributed by atoms with Gasteiger partial charge >= 0.3 is 5.97 Å². The summed E-state index contributed by atoms with van der Waals surface area (Å²) in [7, 11) is 0. The number of furan rings is 1. The topological polar surface area (TPSA) is 62.5 Å². The van der Waals surface area contributed by atoms with E-state index in [1.807, 2.05) is 6.07 Å². The molecule has 14 heavy (non-hydrogen) atoms. The summed E-state index contributed by atoms with van der Waals surface area (Å²) in [6, 6.07) is 3.65. The molecule has 0 aromatic carbocycles. The molecule has 4 nitrogen and oxygen atoms in total. The Morgan fingerprint density at radius 2 is 2.50 bits per heavy atom. The summed E-state index contributed by atoms with van der Waals surface area (Å²) in [6.07, 6.45) is 2.42. The van der Waals surface area contributed by atoms with Crippen LogP contribution >= 0.6 is 0 Å². The lowest BCUT2D eigenvalue weighted by molar-refractivity contribution is -0.143.